The molecule has 1 aromatic carbocycles. The molecule has 1 saturated heterocycles. The predicted molar refractivity (Wildman–Crippen MR) is 114 cm³/mol. The summed E-state index contributed by atoms with van der Waals surface area (Å²) < 4.78 is 0. The Bertz CT molecular complexity index is 775. The van der Waals surface area contributed by atoms with E-state index < -0.39 is 0 Å². The highest BCUT2D eigenvalue weighted by atomic mass is 16.2. The minimum atomic E-state index is -0.0485. The van der Waals surface area contributed by atoms with Crippen molar-refractivity contribution in [2.24, 2.45) is 0 Å². The molecule has 1 aliphatic rings. The first kappa shape index (κ1) is 19.9. The third-order valence-electron chi connectivity index (χ3n) is 5.09. The van der Waals surface area contributed by atoms with Crippen LogP contribution in [0.2, 0.25) is 0 Å². The molecular weight excluding hydrogens is 352 g/mol. The molecule has 0 spiro atoms. The summed E-state index contributed by atoms with van der Waals surface area (Å²) in [6.07, 6.45) is 0. The van der Waals surface area contributed by atoms with Gasteiger partial charge in [0.15, 0.2) is 11.6 Å². The molecule has 0 aliphatic carbocycles. The number of piperazine rings is 1. The van der Waals surface area contributed by atoms with Crippen molar-refractivity contribution in [3.8, 4) is 0 Å². The zero-order valence-corrected chi connectivity index (χ0v) is 17.3. The van der Waals surface area contributed by atoms with Gasteiger partial charge in [-0.2, -0.15) is 0 Å². The second kappa shape index (κ2) is 8.91. The molecule has 2 heterocycles. The molecule has 1 aromatic heterocycles. The van der Waals surface area contributed by atoms with Crippen molar-refractivity contribution >= 4 is 23.4 Å². The summed E-state index contributed by atoms with van der Waals surface area (Å²) in [7, 11) is 0. The van der Waals surface area contributed by atoms with Crippen LogP contribution in [0.25, 0.3) is 0 Å². The van der Waals surface area contributed by atoms with E-state index in [4.69, 9.17) is 0 Å². The Hall–Kier alpha value is -2.83. The minimum absolute atomic E-state index is 0.0485. The standard InChI is InChI=1S/C21H30N6O/c1-5-25(6-2)19-7-8-20(24-23-19)26-9-11-27(12-10-26)21(28)22-18-14-16(3)13-17(4)15-18/h7-8,13-15H,5-6,9-12H2,1-4H3,(H,22,28). The summed E-state index contributed by atoms with van der Waals surface area (Å²) in [4.78, 5) is 18.8. The molecule has 2 amide bonds. The maximum absolute atomic E-state index is 12.6. The van der Waals surface area contributed by atoms with Gasteiger partial charge in [0.25, 0.3) is 0 Å². The molecule has 1 aliphatic heterocycles. The summed E-state index contributed by atoms with van der Waals surface area (Å²) in [6, 6.07) is 10.1. The number of rotatable bonds is 5. The van der Waals surface area contributed by atoms with Crippen LogP contribution in [0.15, 0.2) is 30.3 Å². The quantitative estimate of drug-likeness (QED) is 0.860. The zero-order valence-electron chi connectivity index (χ0n) is 17.3. The number of hydrogen-bond acceptors (Lipinski definition) is 5. The molecule has 1 fully saturated rings. The van der Waals surface area contributed by atoms with Crippen molar-refractivity contribution in [1.29, 1.82) is 0 Å². The molecule has 0 bridgehead atoms. The number of carbonyl (C=O) groups is 1. The fourth-order valence-electron chi connectivity index (χ4n) is 3.59. The van der Waals surface area contributed by atoms with Crippen molar-refractivity contribution in [1.82, 2.24) is 15.1 Å². The van der Waals surface area contributed by atoms with E-state index >= 15 is 0 Å². The smallest absolute Gasteiger partial charge is 0.321 e. The van der Waals surface area contributed by atoms with Crippen LogP contribution >= 0.6 is 0 Å². The average molecular weight is 383 g/mol. The number of anilines is 3. The molecule has 150 valence electrons. The van der Waals surface area contributed by atoms with Crippen LogP contribution < -0.4 is 15.1 Å². The van der Waals surface area contributed by atoms with Crippen LogP contribution in [-0.4, -0.2) is 60.4 Å². The molecule has 0 radical (unpaired) electrons. The first-order chi connectivity index (χ1) is 13.5. The topological polar surface area (TPSA) is 64.6 Å². The van der Waals surface area contributed by atoms with Crippen molar-refractivity contribution in [2.45, 2.75) is 27.7 Å². The number of aryl methyl sites for hydroxylation is 2. The van der Waals surface area contributed by atoms with Crippen molar-refractivity contribution in [3.05, 3.63) is 41.5 Å². The summed E-state index contributed by atoms with van der Waals surface area (Å²) in [5.74, 6) is 1.77. The number of carbonyl (C=O) groups excluding carboxylic acids is 1. The van der Waals surface area contributed by atoms with Gasteiger partial charge in [0.2, 0.25) is 0 Å². The van der Waals surface area contributed by atoms with Gasteiger partial charge in [0.05, 0.1) is 0 Å². The number of aromatic nitrogens is 2. The maximum atomic E-state index is 12.6. The van der Waals surface area contributed by atoms with Gasteiger partial charge in [-0.15, -0.1) is 10.2 Å². The number of nitrogens with zero attached hydrogens (tertiary/aromatic N) is 5. The zero-order chi connectivity index (χ0) is 20.1. The van der Waals surface area contributed by atoms with E-state index in [1.165, 1.54) is 0 Å². The van der Waals surface area contributed by atoms with E-state index in [1.54, 1.807) is 0 Å². The average Bonchev–Trinajstić information content (AvgIpc) is 2.69. The third-order valence-corrected chi connectivity index (χ3v) is 5.09. The van der Waals surface area contributed by atoms with Gasteiger partial charge in [0, 0.05) is 45.0 Å². The van der Waals surface area contributed by atoms with E-state index in [2.05, 4.69) is 45.2 Å². The Balaban J connectivity index is 1.55. The third kappa shape index (κ3) is 4.71. The second-order valence-electron chi connectivity index (χ2n) is 7.20. The van der Waals surface area contributed by atoms with Crippen molar-refractivity contribution < 1.29 is 4.79 Å². The van der Waals surface area contributed by atoms with Crippen LogP contribution in [0.1, 0.15) is 25.0 Å². The number of benzene rings is 1. The normalized spacial score (nSPS) is 14.1. The van der Waals surface area contributed by atoms with Gasteiger partial charge in [-0.25, -0.2) is 4.79 Å². The highest BCUT2D eigenvalue weighted by Gasteiger charge is 2.22. The van der Waals surface area contributed by atoms with Crippen LogP contribution in [0.4, 0.5) is 22.1 Å². The lowest BCUT2D eigenvalue weighted by atomic mass is 10.1. The molecule has 0 unspecified atom stereocenters. The predicted octanol–water partition coefficient (Wildman–Crippen LogP) is 3.29. The van der Waals surface area contributed by atoms with E-state index in [0.717, 1.165) is 54.6 Å². The molecule has 28 heavy (non-hydrogen) atoms. The summed E-state index contributed by atoms with van der Waals surface area (Å²) >= 11 is 0. The number of urea groups is 1. The van der Waals surface area contributed by atoms with Gasteiger partial charge in [-0.3, -0.25) is 0 Å². The lowest BCUT2D eigenvalue weighted by molar-refractivity contribution is 0.208. The van der Waals surface area contributed by atoms with Gasteiger partial charge in [-0.05, 0) is 63.1 Å². The Morgan fingerprint density at radius 2 is 1.64 bits per heavy atom. The number of hydrogen-bond donors (Lipinski definition) is 1. The first-order valence-electron chi connectivity index (χ1n) is 9.98. The first-order valence-corrected chi connectivity index (χ1v) is 9.98. The van der Waals surface area contributed by atoms with Crippen LogP contribution in [0, 0.1) is 13.8 Å². The Kier molecular flexibility index (Phi) is 6.34. The fraction of sp³-hybridized carbons (Fsp3) is 0.476. The molecule has 0 saturated carbocycles. The highest BCUT2D eigenvalue weighted by molar-refractivity contribution is 5.89. The Morgan fingerprint density at radius 3 is 2.18 bits per heavy atom. The van der Waals surface area contributed by atoms with Gasteiger partial charge in [0.1, 0.15) is 0 Å². The highest BCUT2D eigenvalue weighted by Crippen LogP contribution is 2.18. The fourth-order valence-corrected chi connectivity index (χ4v) is 3.59. The van der Waals surface area contributed by atoms with Crippen molar-refractivity contribution in [3.63, 3.8) is 0 Å². The second-order valence-corrected chi connectivity index (χ2v) is 7.20. The van der Waals surface area contributed by atoms with Crippen molar-refractivity contribution in [2.75, 3.05) is 54.4 Å². The largest absolute Gasteiger partial charge is 0.356 e. The lowest BCUT2D eigenvalue weighted by Gasteiger charge is -2.35. The molecular formula is C21H30N6O. The van der Waals surface area contributed by atoms with E-state index in [-0.39, 0.29) is 6.03 Å². The van der Waals surface area contributed by atoms with E-state index in [0.29, 0.717) is 13.1 Å². The molecule has 1 N–H and O–H groups in total. The van der Waals surface area contributed by atoms with Crippen LogP contribution in [-0.2, 0) is 0 Å². The van der Waals surface area contributed by atoms with Gasteiger partial charge in [-0.1, -0.05) is 6.07 Å². The van der Waals surface area contributed by atoms with E-state index in [1.807, 2.05) is 43.0 Å². The minimum Gasteiger partial charge on any atom is -0.356 e. The number of amides is 2. The molecule has 0 atom stereocenters. The molecule has 2 aromatic rings. The Labute approximate surface area is 167 Å². The maximum Gasteiger partial charge on any atom is 0.321 e. The lowest BCUT2D eigenvalue weighted by Crippen LogP contribution is -2.50. The van der Waals surface area contributed by atoms with E-state index in [9.17, 15) is 4.79 Å². The summed E-state index contributed by atoms with van der Waals surface area (Å²) in [5, 5.41) is 11.8. The molecule has 3 rings (SSSR count). The monoisotopic (exact) mass is 382 g/mol. The molecule has 7 heteroatoms. The summed E-state index contributed by atoms with van der Waals surface area (Å²) in [5.41, 5.74) is 3.14. The van der Waals surface area contributed by atoms with Crippen LogP contribution in [0.5, 0.6) is 0 Å². The van der Waals surface area contributed by atoms with Crippen LogP contribution in [0.3, 0.4) is 0 Å². The SMILES string of the molecule is CCN(CC)c1ccc(N2CCN(C(=O)Nc3cc(C)cc(C)c3)CC2)nn1. The van der Waals surface area contributed by atoms with Gasteiger partial charge >= 0.3 is 6.03 Å². The number of nitrogens with one attached hydrogen (secondary N) is 1. The molecule has 7 nitrogen and oxygen atoms in total. The Morgan fingerprint density at radius 1 is 1.00 bits per heavy atom. The van der Waals surface area contributed by atoms with Gasteiger partial charge < -0.3 is 20.0 Å². The summed E-state index contributed by atoms with van der Waals surface area (Å²) in [6.45, 7) is 13.0.